The maximum Gasteiger partial charge on any atom is 0.373 e. The normalized spacial score (nSPS) is 11.1. The van der Waals surface area contributed by atoms with Gasteiger partial charge in [0.25, 0.3) is 5.56 Å². The highest BCUT2D eigenvalue weighted by atomic mass is 32.1. The van der Waals surface area contributed by atoms with E-state index in [2.05, 4.69) is 9.72 Å². The van der Waals surface area contributed by atoms with Crippen molar-refractivity contribution in [2.75, 3.05) is 14.2 Å². The predicted molar refractivity (Wildman–Crippen MR) is 119 cm³/mol. The summed E-state index contributed by atoms with van der Waals surface area (Å²) in [7, 11) is 2.93. The molecule has 1 aromatic carbocycles. The van der Waals surface area contributed by atoms with Crippen molar-refractivity contribution in [1.82, 2.24) is 9.55 Å². The fourth-order valence-corrected chi connectivity index (χ4v) is 4.77. The third kappa shape index (κ3) is 3.63. The average Bonchev–Trinajstić information content (AvgIpc) is 3.34. The van der Waals surface area contributed by atoms with E-state index in [4.69, 9.17) is 9.15 Å². The first-order chi connectivity index (χ1) is 14.8. The molecule has 0 amide bonds. The van der Waals surface area contributed by atoms with Crippen LogP contribution in [-0.4, -0.2) is 29.7 Å². The monoisotopic (exact) mass is 438 g/mol. The van der Waals surface area contributed by atoms with Gasteiger partial charge in [-0.25, -0.2) is 9.78 Å². The zero-order valence-electron chi connectivity index (χ0n) is 17.9. The van der Waals surface area contributed by atoms with Crippen molar-refractivity contribution < 1.29 is 18.7 Å². The van der Waals surface area contributed by atoms with Gasteiger partial charge < -0.3 is 13.9 Å². The zero-order chi connectivity index (χ0) is 22.3. The van der Waals surface area contributed by atoms with Crippen LogP contribution in [-0.2, 0) is 11.3 Å². The van der Waals surface area contributed by atoms with E-state index in [0.29, 0.717) is 21.8 Å². The fourth-order valence-electron chi connectivity index (χ4n) is 3.69. The molecule has 8 heteroatoms. The molecule has 0 aliphatic rings. The summed E-state index contributed by atoms with van der Waals surface area (Å²) in [6, 6.07) is 9.08. The van der Waals surface area contributed by atoms with E-state index in [9.17, 15) is 9.59 Å². The van der Waals surface area contributed by atoms with Crippen molar-refractivity contribution in [2.24, 2.45) is 0 Å². The number of ether oxygens (including phenoxy) is 2. The van der Waals surface area contributed by atoms with Crippen LogP contribution in [0.4, 0.5) is 0 Å². The number of aryl methyl sites for hydroxylation is 3. The summed E-state index contributed by atoms with van der Waals surface area (Å²) >= 11 is 1.50. The summed E-state index contributed by atoms with van der Waals surface area (Å²) in [5.41, 5.74) is 2.67. The lowest BCUT2D eigenvalue weighted by atomic mass is 10.0. The maximum absolute atomic E-state index is 13.5. The van der Waals surface area contributed by atoms with Crippen LogP contribution in [0.3, 0.4) is 0 Å². The molecule has 7 nitrogen and oxygen atoms in total. The highest BCUT2D eigenvalue weighted by molar-refractivity contribution is 7.19. The predicted octanol–water partition coefficient (Wildman–Crippen LogP) is 4.49. The Labute approximate surface area is 182 Å². The van der Waals surface area contributed by atoms with Crippen LogP contribution in [0.25, 0.3) is 21.3 Å². The molecular formula is C23H22N2O5S. The Bertz CT molecular complexity index is 1360. The minimum absolute atomic E-state index is 0.0954. The first-order valence-corrected chi connectivity index (χ1v) is 10.5. The summed E-state index contributed by atoms with van der Waals surface area (Å²) in [5.74, 6) is 1.38. The van der Waals surface area contributed by atoms with E-state index >= 15 is 0 Å². The van der Waals surface area contributed by atoms with Crippen LogP contribution in [0.1, 0.15) is 32.6 Å². The number of thiophene rings is 1. The second kappa shape index (κ2) is 8.03. The Hall–Kier alpha value is -3.39. The first-order valence-electron chi connectivity index (χ1n) is 9.66. The summed E-state index contributed by atoms with van der Waals surface area (Å²) in [4.78, 5) is 31.6. The molecule has 0 unspecified atom stereocenters. The van der Waals surface area contributed by atoms with Gasteiger partial charge in [-0.3, -0.25) is 9.36 Å². The molecule has 0 bridgehead atoms. The molecule has 0 N–H and O–H groups in total. The Kier molecular flexibility index (Phi) is 5.41. The second-order valence-electron chi connectivity index (χ2n) is 7.21. The van der Waals surface area contributed by atoms with E-state index in [1.165, 1.54) is 24.5 Å². The summed E-state index contributed by atoms with van der Waals surface area (Å²) in [6.07, 6.45) is 0. The van der Waals surface area contributed by atoms with Crippen LogP contribution >= 0.6 is 11.3 Å². The largest absolute Gasteiger partial charge is 0.496 e. The Morgan fingerprint density at radius 3 is 2.61 bits per heavy atom. The number of esters is 1. The van der Waals surface area contributed by atoms with E-state index in [1.54, 1.807) is 24.7 Å². The number of benzene rings is 1. The minimum Gasteiger partial charge on any atom is -0.496 e. The lowest BCUT2D eigenvalue weighted by Crippen LogP contribution is -2.24. The van der Waals surface area contributed by atoms with Crippen LogP contribution in [0, 0.1) is 20.8 Å². The smallest absolute Gasteiger partial charge is 0.373 e. The molecule has 3 heterocycles. The van der Waals surface area contributed by atoms with Crippen LogP contribution in [0.2, 0.25) is 0 Å². The van der Waals surface area contributed by atoms with Gasteiger partial charge >= 0.3 is 5.97 Å². The van der Waals surface area contributed by atoms with Gasteiger partial charge in [0, 0.05) is 10.4 Å². The number of rotatable bonds is 5. The van der Waals surface area contributed by atoms with Crippen LogP contribution in [0.15, 0.2) is 39.5 Å². The van der Waals surface area contributed by atoms with Gasteiger partial charge in [-0.15, -0.1) is 11.3 Å². The molecule has 0 radical (unpaired) electrons. The van der Waals surface area contributed by atoms with Crippen molar-refractivity contribution in [1.29, 1.82) is 0 Å². The number of aromatic nitrogens is 2. The molecule has 31 heavy (non-hydrogen) atoms. The SMILES string of the molecule is COC(=O)c1ccc(Cn2c(C)nc3sc(C)c(-c4ccc(OC)c(C)c4)c3c2=O)o1. The van der Waals surface area contributed by atoms with Crippen molar-refractivity contribution in [2.45, 2.75) is 27.3 Å². The van der Waals surface area contributed by atoms with E-state index in [-0.39, 0.29) is 17.9 Å². The van der Waals surface area contributed by atoms with E-state index in [0.717, 1.165) is 27.3 Å². The van der Waals surface area contributed by atoms with Crippen molar-refractivity contribution in [3.63, 3.8) is 0 Å². The summed E-state index contributed by atoms with van der Waals surface area (Å²) < 4.78 is 17.2. The number of carbonyl (C=O) groups is 1. The second-order valence-corrected chi connectivity index (χ2v) is 8.41. The number of methoxy groups -OCH3 is 2. The highest BCUT2D eigenvalue weighted by Crippen LogP contribution is 2.37. The van der Waals surface area contributed by atoms with Crippen molar-refractivity contribution >= 4 is 27.5 Å². The zero-order valence-corrected chi connectivity index (χ0v) is 18.8. The van der Waals surface area contributed by atoms with Gasteiger partial charge in [-0.1, -0.05) is 6.07 Å². The van der Waals surface area contributed by atoms with E-state index < -0.39 is 5.97 Å². The number of hydrogen-bond acceptors (Lipinski definition) is 7. The lowest BCUT2D eigenvalue weighted by molar-refractivity contribution is 0.0563. The Balaban J connectivity index is 1.85. The molecule has 0 aliphatic heterocycles. The minimum atomic E-state index is -0.561. The third-order valence-electron chi connectivity index (χ3n) is 5.22. The standard InChI is InChI=1S/C23H22N2O5S/c1-12-10-15(6-8-17(12)28-4)19-13(2)31-21-20(19)22(26)25(14(3)24-21)11-16-7-9-18(30-16)23(27)29-5/h6-10H,11H2,1-5H3. The van der Waals surface area contributed by atoms with Gasteiger partial charge in [-0.05, 0) is 56.2 Å². The van der Waals surface area contributed by atoms with Gasteiger partial charge in [0.05, 0.1) is 26.2 Å². The third-order valence-corrected chi connectivity index (χ3v) is 6.22. The molecule has 3 aromatic heterocycles. The molecule has 0 spiro atoms. The molecule has 0 fully saturated rings. The molecule has 0 aliphatic carbocycles. The molecule has 0 saturated carbocycles. The molecule has 4 rings (SSSR count). The molecule has 4 aromatic rings. The van der Waals surface area contributed by atoms with Crippen molar-refractivity contribution in [3.05, 3.63) is 68.5 Å². The molecule has 160 valence electrons. The number of furan rings is 1. The first kappa shape index (κ1) is 20.9. The topological polar surface area (TPSA) is 83.6 Å². The van der Waals surface area contributed by atoms with Crippen molar-refractivity contribution in [3.8, 4) is 16.9 Å². The van der Waals surface area contributed by atoms with Gasteiger partial charge in [0.2, 0.25) is 5.76 Å². The lowest BCUT2D eigenvalue weighted by Gasteiger charge is -2.10. The van der Waals surface area contributed by atoms with E-state index in [1.807, 2.05) is 32.0 Å². The van der Waals surface area contributed by atoms with Crippen LogP contribution in [0.5, 0.6) is 5.75 Å². The average molecular weight is 439 g/mol. The number of fused-ring (bicyclic) bond motifs is 1. The maximum atomic E-state index is 13.5. The molecular weight excluding hydrogens is 416 g/mol. The quantitative estimate of drug-likeness (QED) is 0.427. The van der Waals surface area contributed by atoms with Gasteiger partial charge in [-0.2, -0.15) is 0 Å². The fraction of sp³-hybridized carbons (Fsp3) is 0.261. The molecule has 0 saturated heterocycles. The number of nitrogens with zero attached hydrogens (tertiary/aromatic N) is 2. The summed E-state index contributed by atoms with van der Waals surface area (Å²) in [6.45, 7) is 5.93. The van der Waals surface area contributed by atoms with Crippen LogP contribution < -0.4 is 10.3 Å². The summed E-state index contributed by atoms with van der Waals surface area (Å²) in [5, 5.41) is 0.581. The Morgan fingerprint density at radius 2 is 1.94 bits per heavy atom. The van der Waals surface area contributed by atoms with Gasteiger partial charge in [0.1, 0.15) is 22.2 Å². The Morgan fingerprint density at radius 1 is 1.16 bits per heavy atom. The highest BCUT2D eigenvalue weighted by Gasteiger charge is 2.20. The number of hydrogen-bond donors (Lipinski definition) is 0. The molecule has 0 atom stereocenters. The van der Waals surface area contributed by atoms with Gasteiger partial charge in [0.15, 0.2) is 0 Å². The number of carbonyl (C=O) groups excluding carboxylic acids is 1.